The molecular weight excluding hydrogens is 340 g/mol. The van der Waals surface area contributed by atoms with Gasteiger partial charge in [0.1, 0.15) is 5.60 Å². The third-order valence-electron chi connectivity index (χ3n) is 5.77. The van der Waals surface area contributed by atoms with Crippen molar-refractivity contribution in [3.05, 3.63) is 35.8 Å². The number of pyridine rings is 1. The summed E-state index contributed by atoms with van der Waals surface area (Å²) in [6, 6.07) is 4.41. The molecule has 2 fully saturated rings. The molecule has 0 aromatic carbocycles. The van der Waals surface area contributed by atoms with Crippen LogP contribution in [0.2, 0.25) is 0 Å². The number of carbonyl (C=O) groups excluding carboxylic acids is 1. The molecule has 144 valence electrons. The van der Waals surface area contributed by atoms with Crippen molar-refractivity contribution in [2.45, 2.75) is 59.1 Å². The normalized spacial score (nSPS) is 18.9. The third kappa shape index (κ3) is 3.22. The van der Waals surface area contributed by atoms with E-state index in [1.54, 1.807) is 6.20 Å². The predicted octanol–water partition coefficient (Wildman–Crippen LogP) is 4.13. The van der Waals surface area contributed by atoms with Gasteiger partial charge in [0.25, 0.3) is 0 Å². The fourth-order valence-electron chi connectivity index (χ4n) is 4.32. The van der Waals surface area contributed by atoms with Crippen molar-refractivity contribution in [1.29, 1.82) is 0 Å². The largest absolute Gasteiger partial charge is 0.444 e. The van der Waals surface area contributed by atoms with E-state index in [4.69, 9.17) is 9.84 Å². The summed E-state index contributed by atoms with van der Waals surface area (Å²) in [6.45, 7) is 11.6. The van der Waals surface area contributed by atoms with E-state index in [1.807, 2.05) is 37.9 Å². The molecule has 2 aromatic rings. The average Bonchev–Trinajstić information content (AvgIpc) is 2.80. The first kappa shape index (κ1) is 18.0. The fraction of sp³-hybridized carbons (Fsp3) is 0.571. The number of ether oxygens (including phenoxy) is 1. The van der Waals surface area contributed by atoms with Crippen molar-refractivity contribution in [2.75, 3.05) is 13.1 Å². The second kappa shape index (κ2) is 6.08. The second-order valence-electron chi connectivity index (χ2n) is 9.14. The number of carbonyl (C=O) groups is 1. The first-order chi connectivity index (χ1) is 12.7. The molecule has 1 amide bonds. The van der Waals surface area contributed by atoms with Crippen molar-refractivity contribution in [3.63, 3.8) is 0 Å². The van der Waals surface area contributed by atoms with Gasteiger partial charge in [-0.1, -0.05) is 0 Å². The van der Waals surface area contributed by atoms with Crippen molar-refractivity contribution >= 4 is 6.09 Å². The minimum absolute atomic E-state index is 0.193. The summed E-state index contributed by atoms with van der Waals surface area (Å²) in [5, 5.41) is 4.90. The summed E-state index contributed by atoms with van der Waals surface area (Å²) in [5.41, 5.74) is 4.33. The molecule has 1 aliphatic heterocycles. The van der Waals surface area contributed by atoms with Crippen LogP contribution in [0.15, 0.2) is 24.5 Å². The molecule has 6 heteroatoms. The predicted molar refractivity (Wildman–Crippen MR) is 103 cm³/mol. The van der Waals surface area contributed by atoms with Gasteiger partial charge in [0, 0.05) is 42.2 Å². The first-order valence-electron chi connectivity index (χ1n) is 9.61. The molecular formula is C21H28N4O2. The highest BCUT2D eigenvalue weighted by Gasteiger charge is 2.55. The lowest BCUT2D eigenvalue weighted by Gasteiger charge is -2.58. The lowest BCUT2D eigenvalue weighted by Crippen LogP contribution is -2.64. The molecule has 1 saturated heterocycles. The van der Waals surface area contributed by atoms with E-state index < -0.39 is 5.60 Å². The fourth-order valence-corrected chi connectivity index (χ4v) is 4.32. The summed E-state index contributed by atoms with van der Waals surface area (Å²) < 4.78 is 7.65. The first-order valence-corrected chi connectivity index (χ1v) is 9.61. The Bertz CT molecular complexity index is 852. The van der Waals surface area contributed by atoms with Gasteiger partial charge in [-0.05, 0) is 65.2 Å². The molecule has 2 aliphatic rings. The zero-order chi connectivity index (χ0) is 19.4. The van der Waals surface area contributed by atoms with Crippen LogP contribution in [-0.4, -0.2) is 44.4 Å². The smallest absolute Gasteiger partial charge is 0.410 e. The van der Waals surface area contributed by atoms with Gasteiger partial charge >= 0.3 is 6.09 Å². The molecule has 6 nitrogen and oxygen atoms in total. The van der Waals surface area contributed by atoms with Crippen LogP contribution in [-0.2, 0) is 4.74 Å². The molecule has 0 N–H and O–H groups in total. The summed E-state index contributed by atoms with van der Waals surface area (Å²) in [4.78, 5) is 18.2. The van der Waals surface area contributed by atoms with Gasteiger partial charge in [0.15, 0.2) is 0 Å². The van der Waals surface area contributed by atoms with E-state index in [1.165, 1.54) is 11.3 Å². The van der Waals surface area contributed by atoms with E-state index in [2.05, 4.69) is 29.6 Å². The van der Waals surface area contributed by atoms with E-state index in [0.29, 0.717) is 6.04 Å². The number of rotatable bonds is 2. The van der Waals surface area contributed by atoms with Crippen LogP contribution in [0.5, 0.6) is 0 Å². The second-order valence-corrected chi connectivity index (χ2v) is 9.14. The van der Waals surface area contributed by atoms with E-state index in [0.717, 1.165) is 37.2 Å². The monoisotopic (exact) mass is 368 g/mol. The maximum absolute atomic E-state index is 12.2. The highest BCUT2D eigenvalue weighted by Crippen LogP contribution is 2.54. The number of hydrogen-bond donors (Lipinski definition) is 0. The van der Waals surface area contributed by atoms with E-state index >= 15 is 0 Å². The topological polar surface area (TPSA) is 60.2 Å². The lowest BCUT2D eigenvalue weighted by atomic mass is 9.61. The summed E-state index contributed by atoms with van der Waals surface area (Å²) in [6.07, 6.45) is 5.60. The van der Waals surface area contributed by atoms with Crippen LogP contribution in [0.3, 0.4) is 0 Å². The lowest BCUT2D eigenvalue weighted by molar-refractivity contribution is -0.0930. The Morgan fingerprint density at radius 2 is 1.96 bits per heavy atom. The van der Waals surface area contributed by atoms with Crippen molar-refractivity contribution in [1.82, 2.24) is 19.7 Å². The third-order valence-corrected chi connectivity index (χ3v) is 5.77. The minimum Gasteiger partial charge on any atom is -0.444 e. The standard InChI is InChI=1S/C21H28N4O2/c1-14-15(2)25(23-18(14)16-7-6-8-22-11-16)17-9-21(10-17)12-24(13-21)19(26)27-20(3,4)5/h6-8,11,17H,9-10,12-13H2,1-5H3. The van der Waals surface area contributed by atoms with Crippen LogP contribution < -0.4 is 0 Å². The maximum atomic E-state index is 12.2. The molecule has 4 rings (SSSR count). The molecule has 1 saturated carbocycles. The van der Waals surface area contributed by atoms with E-state index in [-0.39, 0.29) is 11.5 Å². The molecule has 27 heavy (non-hydrogen) atoms. The van der Waals surface area contributed by atoms with Gasteiger partial charge in [0.2, 0.25) is 0 Å². The van der Waals surface area contributed by atoms with Gasteiger partial charge in [-0.3, -0.25) is 9.67 Å². The van der Waals surface area contributed by atoms with E-state index in [9.17, 15) is 4.79 Å². The van der Waals surface area contributed by atoms with Crippen molar-refractivity contribution in [2.24, 2.45) is 5.41 Å². The zero-order valence-corrected chi connectivity index (χ0v) is 16.8. The molecule has 3 heterocycles. The average molecular weight is 368 g/mol. The van der Waals surface area contributed by atoms with Crippen LogP contribution >= 0.6 is 0 Å². The van der Waals surface area contributed by atoms with Crippen molar-refractivity contribution in [3.8, 4) is 11.3 Å². The quantitative estimate of drug-likeness (QED) is 0.799. The molecule has 2 aromatic heterocycles. The Hall–Kier alpha value is -2.37. The molecule has 0 atom stereocenters. The SMILES string of the molecule is Cc1c(-c2cccnc2)nn(C2CC3(C2)CN(C(=O)OC(C)(C)C)C3)c1C. The highest BCUT2D eigenvalue weighted by molar-refractivity contribution is 5.69. The molecule has 0 radical (unpaired) electrons. The Kier molecular flexibility index (Phi) is 4.05. The number of hydrogen-bond acceptors (Lipinski definition) is 4. The van der Waals surface area contributed by atoms with Gasteiger partial charge in [0.05, 0.1) is 11.7 Å². The number of nitrogens with zero attached hydrogens (tertiary/aromatic N) is 4. The Morgan fingerprint density at radius 3 is 2.56 bits per heavy atom. The summed E-state index contributed by atoms with van der Waals surface area (Å²) in [7, 11) is 0. The van der Waals surface area contributed by atoms with Crippen LogP contribution in [0, 0.1) is 19.3 Å². The number of aromatic nitrogens is 3. The van der Waals surface area contributed by atoms with Gasteiger partial charge in [-0.2, -0.15) is 5.10 Å². The summed E-state index contributed by atoms with van der Waals surface area (Å²) in [5.74, 6) is 0. The van der Waals surface area contributed by atoms with Gasteiger partial charge in [-0.25, -0.2) is 4.79 Å². The summed E-state index contributed by atoms with van der Waals surface area (Å²) >= 11 is 0. The number of amides is 1. The Balaban J connectivity index is 1.41. The van der Waals surface area contributed by atoms with Crippen LogP contribution in [0.25, 0.3) is 11.3 Å². The Labute approximate surface area is 160 Å². The van der Waals surface area contributed by atoms with Crippen molar-refractivity contribution < 1.29 is 9.53 Å². The molecule has 1 spiro atoms. The minimum atomic E-state index is -0.436. The number of likely N-dealkylation sites (tertiary alicyclic amines) is 1. The van der Waals surface area contributed by atoms with Crippen LogP contribution in [0.4, 0.5) is 4.79 Å². The van der Waals surface area contributed by atoms with Crippen LogP contribution in [0.1, 0.15) is 50.9 Å². The zero-order valence-electron chi connectivity index (χ0n) is 16.8. The maximum Gasteiger partial charge on any atom is 0.410 e. The highest BCUT2D eigenvalue weighted by atomic mass is 16.6. The Morgan fingerprint density at radius 1 is 1.26 bits per heavy atom. The van der Waals surface area contributed by atoms with Gasteiger partial charge < -0.3 is 9.64 Å². The molecule has 1 aliphatic carbocycles. The molecule has 0 bridgehead atoms. The van der Waals surface area contributed by atoms with Gasteiger partial charge in [-0.15, -0.1) is 0 Å². The molecule has 0 unspecified atom stereocenters.